The molecule has 45 heavy (non-hydrogen) atoms. The van der Waals surface area contributed by atoms with Crippen LogP contribution in [0, 0.1) is 10.8 Å². The fraction of sp³-hybridized carbons (Fsp3) is 0.333. The van der Waals surface area contributed by atoms with Crippen molar-refractivity contribution in [2.24, 2.45) is 10.8 Å². The molecule has 0 aliphatic heterocycles. The normalized spacial score (nSPS) is 19.2. The van der Waals surface area contributed by atoms with E-state index in [9.17, 15) is 0 Å². The van der Waals surface area contributed by atoms with Crippen molar-refractivity contribution in [2.45, 2.75) is 78.6 Å². The average Bonchev–Trinajstić information content (AvgIpc) is 3.21. The van der Waals surface area contributed by atoms with Gasteiger partial charge in [0.2, 0.25) is 0 Å². The summed E-state index contributed by atoms with van der Waals surface area (Å²) >= 11 is 7.31. The fourth-order valence-electron chi connectivity index (χ4n) is 8.65. The Morgan fingerprint density at radius 2 is 0.978 bits per heavy atom. The molecule has 0 radical (unpaired) electrons. The van der Waals surface area contributed by atoms with Crippen LogP contribution in [0.5, 0.6) is 0 Å². The van der Waals surface area contributed by atoms with Crippen molar-refractivity contribution in [1.29, 1.82) is 0 Å². The summed E-state index contributed by atoms with van der Waals surface area (Å²) in [5, 5.41) is 0. The van der Waals surface area contributed by atoms with Crippen LogP contribution in [0.1, 0.15) is 90.1 Å². The number of hydrogen-bond acceptors (Lipinski definition) is 1. The predicted octanol–water partition coefficient (Wildman–Crippen LogP) is 13.5. The highest BCUT2D eigenvalue weighted by Crippen LogP contribution is 2.76. The topological polar surface area (TPSA) is 3.24 Å². The molecule has 4 aromatic carbocycles. The third kappa shape index (κ3) is 4.15. The Morgan fingerprint density at radius 1 is 0.578 bits per heavy atom. The first-order valence-electron chi connectivity index (χ1n) is 15.9. The smallest absolute Gasteiger partial charge is 0.0546 e. The molecule has 0 fully saturated rings. The Balaban J connectivity index is 1.73. The lowest BCUT2D eigenvalue weighted by atomic mass is 9.47. The molecule has 1 nitrogen and oxygen atoms in total. The molecular weight excluding hydrogens is 678 g/mol. The third-order valence-electron chi connectivity index (χ3n) is 13.0. The molecule has 0 spiro atoms. The second kappa shape index (κ2) is 10.3. The van der Waals surface area contributed by atoms with Crippen LogP contribution in [-0.4, -0.2) is 0 Å². The summed E-state index contributed by atoms with van der Waals surface area (Å²) in [5.74, 6) is 0. The minimum absolute atomic E-state index is 0.0186. The van der Waals surface area contributed by atoms with Gasteiger partial charge in [-0.3, -0.25) is 0 Å². The van der Waals surface area contributed by atoms with E-state index in [1.54, 1.807) is 5.56 Å². The molecule has 0 atom stereocenters. The zero-order valence-electron chi connectivity index (χ0n) is 28.2. The highest BCUT2D eigenvalue weighted by molar-refractivity contribution is 9.10. The Labute approximate surface area is 287 Å². The van der Waals surface area contributed by atoms with Crippen LogP contribution < -0.4 is 4.90 Å². The zero-order chi connectivity index (χ0) is 32.9. The molecule has 2 aliphatic carbocycles. The van der Waals surface area contributed by atoms with Gasteiger partial charge in [-0.25, -0.2) is 0 Å². The van der Waals surface area contributed by atoms with Crippen molar-refractivity contribution in [3.8, 4) is 11.1 Å². The van der Waals surface area contributed by atoms with Gasteiger partial charge in [0.25, 0.3) is 0 Å². The molecule has 0 N–H and O–H groups in total. The molecule has 0 saturated carbocycles. The van der Waals surface area contributed by atoms with E-state index in [1.807, 2.05) is 12.2 Å². The van der Waals surface area contributed by atoms with E-state index < -0.39 is 0 Å². The lowest BCUT2D eigenvalue weighted by Crippen LogP contribution is -2.55. The van der Waals surface area contributed by atoms with Crippen molar-refractivity contribution in [3.63, 3.8) is 0 Å². The summed E-state index contributed by atoms with van der Waals surface area (Å²) in [4.78, 5) is 2.37. The van der Waals surface area contributed by atoms with Crippen LogP contribution >= 0.6 is 31.9 Å². The SMILES string of the molecule is C=Cc1cc(-c2cc3c4c(c2)C(C)(C)C(C)(C)C4(C)C(C)(C)C3(C)C)c(N(c2ccc(Br)cc2)c2ccc(Br)cc2)cc1C=C. The molecule has 2 aliphatic rings. The van der Waals surface area contributed by atoms with Gasteiger partial charge in [0, 0.05) is 31.3 Å². The van der Waals surface area contributed by atoms with E-state index in [1.165, 1.54) is 22.3 Å². The predicted molar refractivity (Wildman–Crippen MR) is 203 cm³/mol. The van der Waals surface area contributed by atoms with Crippen molar-refractivity contribution in [2.75, 3.05) is 4.90 Å². The van der Waals surface area contributed by atoms with Crippen molar-refractivity contribution < 1.29 is 0 Å². The summed E-state index contributed by atoms with van der Waals surface area (Å²) in [6.45, 7) is 30.8. The van der Waals surface area contributed by atoms with Crippen LogP contribution in [0.4, 0.5) is 17.1 Å². The van der Waals surface area contributed by atoms with Gasteiger partial charge in [0.05, 0.1) is 5.69 Å². The van der Waals surface area contributed by atoms with Crippen LogP contribution in [0.25, 0.3) is 23.3 Å². The summed E-state index contributed by atoms with van der Waals surface area (Å²) in [5.41, 5.74) is 12.5. The monoisotopic (exact) mass is 721 g/mol. The second-order valence-electron chi connectivity index (χ2n) is 15.3. The molecule has 0 amide bonds. The van der Waals surface area contributed by atoms with Crippen molar-refractivity contribution in [1.82, 2.24) is 0 Å². The zero-order valence-corrected chi connectivity index (χ0v) is 31.4. The molecule has 0 bridgehead atoms. The number of hydrogen-bond donors (Lipinski definition) is 0. The molecule has 0 unspecified atom stereocenters. The number of halogens is 2. The Bertz CT molecular complexity index is 1760. The molecule has 3 heteroatoms. The van der Waals surface area contributed by atoms with E-state index in [0.29, 0.717) is 0 Å². The van der Waals surface area contributed by atoms with E-state index >= 15 is 0 Å². The number of benzene rings is 4. The van der Waals surface area contributed by atoms with Gasteiger partial charge in [-0.1, -0.05) is 132 Å². The van der Waals surface area contributed by atoms with Crippen molar-refractivity contribution in [3.05, 3.63) is 123 Å². The maximum atomic E-state index is 4.20. The van der Waals surface area contributed by atoms with Gasteiger partial charge < -0.3 is 4.90 Å². The van der Waals surface area contributed by atoms with Gasteiger partial charge >= 0.3 is 0 Å². The molecule has 0 heterocycles. The fourth-order valence-corrected chi connectivity index (χ4v) is 9.18. The molecule has 232 valence electrons. The second-order valence-corrected chi connectivity index (χ2v) is 17.1. The Kier molecular flexibility index (Phi) is 7.35. The third-order valence-corrected chi connectivity index (χ3v) is 14.0. The standard InChI is InChI=1S/C42H45Br2N/c1-12-26-22-33(28-23-34-37-35(24-28)39(5,6)41(9,10)42(37,11)40(7,8)38(34,3)4)36(25-27(26)13-2)45(31-18-14-29(43)15-19-31)32-20-16-30(44)17-21-32/h12-25H,1-2H2,3-11H3. The van der Waals surface area contributed by atoms with E-state index in [4.69, 9.17) is 0 Å². The number of anilines is 3. The summed E-state index contributed by atoms with van der Waals surface area (Å²) < 4.78 is 2.10. The van der Waals surface area contributed by atoms with Crippen LogP contribution in [0.3, 0.4) is 0 Å². The minimum atomic E-state index is -0.0186. The molecule has 4 aromatic rings. The van der Waals surface area contributed by atoms with Crippen LogP contribution in [-0.2, 0) is 16.2 Å². The van der Waals surface area contributed by atoms with Gasteiger partial charge in [-0.05, 0) is 116 Å². The molecule has 0 aromatic heterocycles. The largest absolute Gasteiger partial charge is 0.310 e. The maximum Gasteiger partial charge on any atom is 0.0546 e. The lowest BCUT2D eigenvalue weighted by Gasteiger charge is -2.56. The van der Waals surface area contributed by atoms with Crippen LogP contribution in [0.2, 0.25) is 0 Å². The first-order valence-corrected chi connectivity index (χ1v) is 17.5. The summed E-state index contributed by atoms with van der Waals surface area (Å²) in [7, 11) is 0. The maximum absolute atomic E-state index is 4.20. The number of rotatable bonds is 6. The first-order chi connectivity index (χ1) is 21.0. The summed E-state index contributed by atoms with van der Waals surface area (Å²) in [6, 6.07) is 26.8. The van der Waals surface area contributed by atoms with E-state index in [-0.39, 0.29) is 27.1 Å². The molecule has 0 saturated heterocycles. The minimum Gasteiger partial charge on any atom is -0.310 e. The lowest BCUT2D eigenvalue weighted by molar-refractivity contribution is -0.0105. The van der Waals surface area contributed by atoms with E-state index in [2.05, 4.69) is 185 Å². The molecular formula is C42H45Br2N. The highest BCUT2D eigenvalue weighted by atomic mass is 79.9. The Morgan fingerprint density at radius 3 is 1.38 bits per heavy atom. The van der Waals surface area contributed by atoms with Gasteiger partial charge in [0.1, 0.15) is 0 Å². The summed E-state index contributed by atoms with van der Waals surface area (Å²) in [6.07, 6.45) is 3.90. The van der Waals surface area contributed by atoms with E-state index in [0.717, 1.165) is 37.1 Å². The molecule has 6 rings (SSSR count). The number of nitrogens with zero attached hydrogens (tertiary/aromatic N) is 1. The first kappa shape index (κ1) is 32.1. The Hall–Kier alpha value is -2.88. The van der Waals surface area contributed by atoms with Gasteiger partial charge in [-0.2, -0.15) is 0 Å². The highest BCUT2D eigenvalue weighted by Gasteiger charge is 2.72. The average molecular weight is 724 g/mol. The van der Waals surface area contributed by atoms with Crippen LogP contribution in [0.15, 0.2) is 94.9 Å². The van der Waals surface area contributed by atoms with Crippen molar-refractivity contribution >= 4 is 61.1 Å². The quantitative estimate of drug-likeness (QED) is 0.191. The van der Waals surface area contributed by atoms with Gasteiger partial charge in [0.15, 0.2) is 0 Å². The van der Waals surface area contributed by atoms with Gasteiger partial charge in [-0.15, -0.1) is 0 Å².